The van der Waals surface area contributed by atoms with Crippen LogP contribution >= 0.6 is 12.2 Å². The molecule has 3 aromatic carbocycles. The molecule has 176 valence electrons. The highest BCUT2D eigenvalue weighted by molar-refractivity contribution is 7.80. The van der Waals surface area contributed by atoms with E-state index in [1.165, 1.54) is 0 Å². The Hall–Kier alpha value is -3.97. The van der Waals surface area contributed by atoms with Gasteiger partial charge in [-0.05, 0) is 49.3 Å². The molecule has 1 unspecified atom stereocenters. The number of thiocarbonyl (C=S) groups is 1. The van der Waals surface area contributed by atoms with E-state index in [9.17, 15) is 0 Å². The van der Waals surface area contributed by atoms with Gasteiger partial charge in [-0.15, -0.1) is 0 Å². The molecule has 0 amide bonds. The Morgan fingerprint density at radius 1 is 0.971 bits per heavy atom. The Labute approximate surface area is 210 Å². The minimum atomic E-state index is -0.241. The second kappa shape index (κ2) is 10.1. The SMILES string of the molecule is CCOc1ccc(C2NC(=S)N(Cc3ccccc3)C(C)=C2c2nc(-c3ccccc3)no2)cc1. The van der Waals surface area contributed by atoms with Gasteiger partial charge < -0.3 is 19.5 Å². The van der Waals surface area contributed by atoms with Crippen molar-refractivity contribution in [3.63, 3.8) is 0 Å². The summed E-state index contributed by atoms with van der Waals surface area (Å²) in [6, 6.07) is 27.9. The molecule has 1 N–H and O–H groups in total. The standard InChI is InChI=1S/C28H26N4O2S/c1-3-33-23-16-14-21(15-17-23)25-24(27-30-26(31-34-27)22-12-8-5-9-13-22)19(2)32(28(35)29-25)18-20-10-6-4-7-11-20/h4-17,25H,3,18H2,1-2H3,(H,29,35). The normalized spacial score (nSPS) is 15.8. The number of ether oxygens (including phenoxy) is 1. The number of aromatic nitrogens is 2. The maximum Gasteiger partial charge on any atom is 0.258 e. The molecule has 0 radical (unpaired) electrons. The first-order valence-corrected chi connectivity index (χ1v) is 12.0. The number of rotatable bonds is 7. The van der Waals surface area contributed by atoms with Crippen LogP contribution in [0.2, 0.25) is 0 Å². The molecular formula is C28H26N4O2S. The van der Waals surface area contributed by atoms with Crippen molar-refractivity contribution in [2.24, 2.45) is 0 Å². The molecule has 1 aromatic heterocycles. The van der Waals surface area contributed by atoms with Crippen LogP contribution in [0.25, 0.3) is 17.0 Å². The molecule has 0 bridgehead atoms. The van der Waals surface area contributed by atoms with Crippen molar-refractivity contribution in [2.45, 2.75) is 26.4 Å². The fraction of sp³-hybridized carbons (Fsp3) is 0.179. The second-order valence-electron chi connectivity index (χ2n) is 8.24. The third-order valence-corrected chi connectivity index (χ3v) is 6.33. The summed E-state index contributed by atoms with van der Waals surface area (Å²) >= 11 is 5.82. The number of benzene rings is 3. The molecule has 1 aliphatic rings. The second-order valence-corrected chi connectivity index (χ2v) is 8.63. The Morgan fingerprint density at radius 2 is 1.66 bits per heavy atom. The van der Waals surface area contributed by atoms with Crippen LogP contribution in [0.3, 0.4) is 0 Å². The highest BCUT2D eigenvalue weighted by Gasteiger charge is 2.34. The van der Waals surface area contributed by atoms with Gasteiger partial charge in [0.2, 0.25) is 5.82 Å². The molecule has 2 heterocycles. The molecular weight excluding hydrogens is 456 g/mol. The summed E-state index contributed by atoms with van der Waals surface area (Å²) < 4.78 is 11.5. The predicted octanol–water partition coefficient (Wildman–Crippen LogP) is 6.00. The summed E-state index contributed by atoms with van der Waals surface area (Å²) in [5.41, 5.74) is 4.96. The van der Waals surface area contributed by atoms with Gasteiger partial charge in [0.05, 0.1) is 18.2 Å². The van der Waals surface area contributed by atoms with Crippen LogP contribution in [0.5, 0.6) is 5.75 Å². The van der Waals surface area contributed by atoms with E-state index < -0.39 is 0 Å². The molecule has 0 saturated heterocycles. The van der Waals surface area contributed by atoms with E-state index in [4.69, 9.17) is 26.5 Å². The van der Waals surface area contributed by atoms with E-state index in [2.05, 4.69) is 34.4 Å². The first-order valence-electron chi connectivity index (χ1n) is 11.6. The van der Waals surface area contributed by atoms with Crippen LogP contribution in [0.4, 0.5) is 0 Å². The highest BCUT2D eigenvalue weighted by atomic mass is 32.1. The molecule has 6 nitrogen and oxygen atoms in total. The fourth-order valence-corrected chi connectivity index (χ4v) is 4.54. The van der Waals surface area contributed by atoms with Crippen LogP contribution < -0.4 is 10.1 Å². The quantitative estimate of drug-likeness (QED) is 0.324. The zero-order valence-corrected chi connectivity index (χ0v) is 20.5. The van der Waals surface area contributed by atoms with Gasteiger partial charge in [0.1, 0.15) is 5.75 Å². The highest BCUT2D eigenvalue weighted by Crippen LogP contribution is 2.38. The van der Waals surface area contributed by atoms with Gasteiger partial charge in [-0.1, -0.05) is 78.0 Å². The molecule has 5 rings (SSSR count). The monoisotopic (exact) mass is 482 g/mol. The molecule has 1 atom stereocenters. The maximum absolute atomic E-state index is 5.82. The summed E-state index contributed by atoms with van der Waals surface area (Å²) in [5.74, 6) is 1.84. The molecule has 0 saturated carbocycles. The van der Waals surface area contributed by atoms with Crippen molar-refractivity contribution in [3.05, 3.63) is 108 Å². The van der Waals surface area contributed by atoms with Crippen molar-refractivity contribution >= 4 is 22.9 Å². The van der Waals surface area contributed by atoms with Crippen molar-refractivity contribution in [1.82, 2.24) is 20.4 Å². The van der Waals surface area contributed by atoms with E-state index in [1.54, 1.807) is 0 Å². The van der Waals surface area contributed by atoms with Crippen LogP contribution in [-0.4, -0.2) is 26.8 Å². The van der Waals surface area contributed by atoms with Gasteiger partial charge in [-0.25, -0.2) is 0 Å². The molecule has 4 aromatic rings. The van der Waals surface area contributed by atoms with Crippen LogP contribution in [0.15, 0.2) is 95.1 Å². The average Bonchev–Trinajstić information content (AvgIpc) is 3.38. The van der Waals surface area contributed by atoms with Crippen LogP contribution in [0.1, 0.15) is 36.9 Å². The molecule has 0 fully saturated rings. The number of nitrogens with one attached hydrogen (secondary N) is 1. The van der Waals surface area contributed by atoms with Crippen molar-refractivity contribution in [3.8, 4) is 17.1 Å². The van der Waals surface area contributed by atoms with E-state index in [0.29, 0.717) is 30.0 Å². The predicted molar refractivity (Wildman–Crippen MR) is 140 cm³/mol. The number of hydrogen-bond donors (Lipinski definition) is 1. The van der Waals surface area contributed by atoms with E-state index in [-0.39, 0.29) is 6.04 Å². The smallest absolute Gasteiger partial charge is 0.258 e. The summed E-state index contributed by atoms with van der Waals surface area (Å²) in [6.07, 6.45) is 0. The molecule has 35 heavy (non-hydrogen) atoms. The molecule has 0 aliphatic carbocycles. The Balaban J connectivity index is 1.57. The summed E-state index contributed by atoms with van der Waals surface area (Å²) in [5, 5.41) is 8.43. The minimum absolute atomic E-state index is 0.241. The van der Waals surface area contributed by atoms with E-state index in [1.807, 2.05) is 79.7 Å². The Kier molecular flexibility index (Phi) is 6.59. The van der Waals surface area contributed by atoms with Gasteiger partial charge in [-0.2, -0.15) is 4.98 Å². The number of allylic oxidation sites excluding steroid dienone is 1. The lowest BCUT2D eigenvalue weighted by Crippen LogP contribution is -2.45. The average molecular weight is 483 g/mol. The lowest BCUT2D eigenvalue weighted by Gasteiger charge is -2.37. The van der Waals surface area contributed by atoms with Gasteiger partial charge in [0.25, 0.3) is 5.89 Å². The third kappa shape index (κ3) is 4.81. The zero-order chi connectivity index (χ0) is 24.2. The third-order valence-electron chi connectivity index (χ3n) is 5.99. The number of hydrogen-bond acceptors (Lipinski definition) is 5. The molecule has 7 heteroatoms. The van der Waals surface area contributed by atoms with Crippen molar-refractivity contribution in [1.29, 1.82) is 0 Å². The first-order chi connectivity index (χ1) is 17.1. The zero-order valence-electron chi connectivity index (χ0n) is 19.6. The summed E-state index contributed by atoms with van der Waals surface area (Å²) in [6.45, 7) is 5.28. The van der Waals surface area contributed by atoms with Gasteiger partial charge in [0, 0.05) is 17.8 Å². The van der Waals surface area contributed by atoms with Crippen molar-refractivity contribution < 1.29 is 9.26 Å². The summed E-state index contributed by atoms with van der Waals surface area (Å²) in [4.78, 5) is 6.85. The summed E-state index contributed by atoms with van der Waals surface area (Å²) in [7, 11) is 0. The van der Waals surface area contributed by atoms with Crippen LogP contribution in [-0.2, 0) is 6.54 Å². The minimum Gasteiger partial charge on any atom is -0.494 e. The lowest BCUT2D eigenvalue weighted by atomic mass is 9.94. The topological polar surface area (TPSA) is 63.4 Å². The molecule has 0 spiro atoms. The van der Waals surface area contributed by atoms with Gasteiger partial charge in [-0.3, -0.25) is 0 Å². The van der Waals surface area contributed by atoms with Crippen LogP contribution in [0, 0.1) is 0 Å². The fourth-order valence-electron chi connectivity index (χ4n) is 4.23. The van der Waals surface area contributed by atoms with E-state index >= 15 is 0 Å². The first kappa shape index (κ1) is 22.8. The Bertz CT molecular complexity index is 1330. The maximum atomic E-state index is 5.82. The largest absolute Gasteiger partial charge is 0.494 e. The van der Waals surface area contributed by atoms with Gasteiger partial charge >= 0.3 is 0 Å². The van der Waals surface area contributed by atoms with Gasteiger partial charge in [0.15, 0.2) is 5.11 Å². The van der Waals surface area contributed by atoms with E-state index in [0.717, 1.165) is 33.7 Å². The lowest BCUT2D eigenvalue weighted by molar-refractivity contribution is 0.340. The molecule has 1 aliphatic heterocycles. The van der Waals surface area contributed by atoms with Crippen molar-refractivity contribution in [2.75, 3.05) is 6.61 Å². The Morgan fingerprint density at radius 3 is 2.34 bits per heavy atom. The number of nitrogens with zero attached hydrogens (tertiary/aromatic N) is 3.